The second kappa shape index (κ2) is 10.9. The van der Waals surface area contributed by atoms with E-state index in [1.54, 1.807) is 20.0 Å². The number of pyridine rings is 2. The summed E-state index contributed by atoms with van der Waals surface area (Å²) < 4.78 is 6.29. The first-order chi connectivity index (χ1) is 17.4. The van der Waals surface area contributed by atoms with Gasteiger partial charge < -0.3 is 19.8 Å². The van der Waals surface area contributed by atoms with Gasteiger partial charge in [-0.1, -0.05) is 36.4 Å². The number of anilines is 2. The van der Waals surface area contributed by atoms with Gasteiger partial charge in [-0.2, -0.15) is 0 Å². The number of nitrogens with zero attached hydrogens (tertiary/aromatic N) is 5. The lowest BCUT2D eigenvalue weighted by Gasteiger charge is -2.19. The zero-order valence-corrected chi connectivity index (χ0v) is 20.7. The van der Waals surface area contributed by atoms with E-state index in [1.165, 1.54) is 6.33 Å². The summed E-state index contributed by atoms with van der Waals surface area (Å²) in [5.74, 6) is 0.0621. The summed E-state index contributed by atoms with van der Waals surface area (Å²) in [6, 6.07) is 13.2. The van der Waals surface area contributed by atoms with Crippen LogP contribution in [-0.2, 0) is 17.9 Å². The van der Waals surface area contributed by atoms with Crippen LogP contribution in [0.4, 0.5) is 11.5 Å². The van der Waals surface area contributed by atoms with Crippen LogP contribution in [0.2, 0.25) is 0 Å². The predicted octanol–water partition coefficient (Wildman–Crippen LogP) is 2.98. The molecule has 4 aromatic rings. The van der Waals surface area contributed by atoms with E-state index in [0.717, 1.165) is 21.7 Å². The Morgan fingerprint density at radius 2 is 1.83 bits per heavy atom. The first-order valence-corrected chi connectivity index (χ1v) is 11.5. The van der Waals surface area contributed by atoms with Crippen LogP contribution in [0.25, 0.3) is 11.0 Å². The molecule has 3 heterocycles. The van der Waals surface area contributed by atoms with E-state index >= 15 is 0 Å². The minimum atomic E-state index is -0.756. The summed E-state index contributed by atoms with van der Waals surface area (Å²) in [4.78, 5) is 47.4. The maximum Gasteiger partial charge on any atom is 0.346 e. The molecule has 0 unspecified atom stereocenters. The van der Waals surface area contributed by atoms with E-state index in [1.807, 2.05) is 61.5 Å². The third kappa shape index (κ3) is 5.12. The van der Waals surface area contributed by atoms with E-state index in [-0.39, 0.29) is 24.4 Å². The average Bonchev–Trinajstić information content (AvgIpc) is 2.87. The van der Waals surface area contributed by atoms with Gasteiger partial charge in [0, 0.05) is 26.8 Å². The number of benzene rings is 1. The van der Waals surface area contributed by atoms with Gasteiger partial charge in [-0.05, 0) is 31.0 Å². The minimum absolute atomic E-state index is 0.109. The Kier molecular flexibility index (Phi) is 7.43. The predicted molar refractivity (Wildman–Crippen MR) is 137 cm³/mol. The van der Waals surface area contributed by atoms with Crippen molar-refractivity contribution in [1.82, 2.24) is 19.7 Å². The van der Waals surface area contributed by atoms with Crippen molar-refractivity contribution in [2.75, 3.05) is 30.9 Å². The van der Waals surface area contributed by atoms with Crippen LogP contribution in [0, 0.1) is 6.92 Å². The number of carbonyl (C=O) groups is 1. The summed E-state index contributed by atoms with van der Waals surface area (Å²) >= 11 is 0. The smallest absolute Gasteiger partial charge is 0.346 e. The van der Waals surface area contributed by atoms with Crippen molar-refractivity contribution < 1.29 is 14.4 Å². The normalized spacial score (nSPS) is 10.8. The van der Waals surface area contributed by atoms with Crippen LogP contribution in [0.5, 0.6) is 0 Å². The van der Waals surface area contributed by atoms with Gasteiger partial charge in [0.15, 0.2) is 11.2 Å². The van der Waals surface area contributed by atoms with Crippen molar-refractivity contribution in [2.45, 2.75) is 27.0 Å². The zero-order chi connectivity index (χ0) is 25.7. The van der Waals surface area contributed by atoms with E-state index in [4.69, 9.17) is 9.57 Å². The molecular weight excluding hydrogens is 460 g/mol. The van der Waals surface area contributed by atoms with Crippen molar-refractivity contribution in [3.63, 3.8) is 0 Å². The highest BCUT2D eigenvalue weighted by Crippen LogP contribution is 2.27. The molecule has 0 radical (unpaired) electrons. The summed E-state index contributed by atoms with van der Waals surface area (Å²) in [6.45, 7) is 4.00. The van der Waals surface area contributed by atoms with Crippen LogP contribution in [-0.4, -0.2) is 46.4 Å². The number of hydrogen-bond acceptors (Lipinski definition) is 9. The number of aryl methyl sites for hydroxylation is 1. The molecule has 4 rings (SSSR count). The van der Waals surface area contributed by atoms with Gasteiger partial charge in [-0.15, -0.1) is 4.73 Å². The van der Waals surface area contributed by atoms with Gasteiger partial charge in [0.25, 0.3) is 0 Å². The highest BCUT2D eigenvalue weighted by atomic mass is 16.7. The van der Waals surface area contributed by atoms with Crippen LogP contribution >= 0.6 is 0 Å². The number of ether oxygens (including phenoxy) is 1. The molecule has 1 N–H and O–H groups in total. The fourth-order valence-corrected chi connectivity index (χ4v) is 3.72. The molecule has 0 aliphatic rings. The lowest BCUT2D eigenvalue weighted by Crippen LogP contribution is -2.34. The Morgan fingerprint density at radius 3 is 2.50 bits per heavy atom. The monoisotopic (exact) mass is 488 g/mol. The van der Waals surface area contributed by atoms with Gasteiger partial charge in [0.2, 0.25) is 0 Å². The van der Waals surface area contributed by atoms with E-state index in [9.17, 15) is 9.59 Å². The molecule has 0 amide bonds. The molecule has 0 aliphatic carbocycles. The third-order valence-corrected chi connectivity index (χ3v) is 5.53. The van der Waals surface area contributed by atoms with E-state index < -0.39 is 11.5 Å². The number of aromatic nitrogens is 4. The Morgan fingerprint density at radius 1 is 1.06 bits per heavy atom. The van der Waals surface area contributed by atoms with E-state index in [0.29, 0.717) is 23.3 Å². The van der Waals surface area contributed by atoms with Crippen molar-refractivity contribution in [2.24, 2.45) is 0 Å². The first-order valence-electron chi connectivity index (χ1n) is 11.5. The molecule has 3 aromatic heterocycles. The van der Waals surface area contributed by atoms with Gasteiger partial charge in [-0.25, -0.2) is 19.7 Å². The summed E-state index contributed by atoms with van der Waals surface area (Å²) in [7, 11) is 3.82. The van der Waals surface area contributed by atoms with Crippen molar-refractivity contribution in [1.29, 1.82) is 0 Å². The highest BCUT2D eigenvalue weighted by molar-refractivity contribution is 6.04. The van der Waals surface area contributed by atoms with Crippen LogP contribution < -0.4 is 20.6 Å². The summed E-state index contributed by atoms with van der Waals surface area (Å²) in [6.07, 6.45) is 3.10. The molecule has 10 heteroatoms. The maximum absolute atomic E-state index is 13.6. The highest BCUT2D eigenvalue weighted by Gasteiger charge is 2.26. The number of nitrogens with one attached hydrogen (secondary N) is 1. The summed E-state index contributed by atoms with van der Waals surface area (Å²) in [5, 5.41) is 3.73. The molecule has 0 saturated carbocycles. The zero-order valence-electron chi connectivity index (χ0n) is 20.7. The molecule has 186 valence electrons. The second-order valence-corrected chi connectivity index (χ2v) is 8.26. The Balaban J connectivity index is 1.81. The number of fused-ring (bicyclic) bond motifs is 1. The standard InChI is InChI=1S/C26H28N6O4/c1-5-35-26(34)22-23(28-14-19-11-12-20(27-13-19)31(3)4)21-17(2)29-16-30-24(21)32(25(22)33)36-15-18-9-7-6-8-10-18/h6-13,16,28H,5,14-15H2,1-4H3. The number of rotatable bonds is 9. The van der Waals surface area contributed by atoms with Crippen LogP contribution in [0.1, 0.15) is 34.1 Å². The Labute approximate surface area is 208 Å². The third-order valence-electron chi connectivity index (χ3n) is 5.53. The molecule has 0 bridgehead atoms. The molecular formula is C26H28N6O4. The fraction of sp³-hybridized carbons (Fsp3) is 0.269. The van der Waals surface area contributed by atoms with E-state index in [2.05, 4.69) is 20.3 Å². The Bertz CT molecular complexity index is 1420. The minimum Gasteiger partial charge on any atom is -0.462 e. The molecule has 1 aromatic carbocycles. The lowest BCUT2D eigenvalue weighted by atomic mass is 10.1. The van der Waals surface area contributed by atoms with Gasteiger partial charge in [0.1, 0.15) is 18.8 Å². The topological polar surface area (TPSA) is 111 Å². The molecule has 36 heavy (non-hydrogen) atoms. The van der Waals surface area contributed by atoms with Gasteiger partial charge in [0.05, 0.1) is 23.4 Å². The molecule has 0 atom stereocenters. The van der Waals surface area contributed by atoms with Crippen LogP contribution in [0.15, 0.2) is 59.8 Å². The number of esters is 1. The second-order valence-electron chi connectivity index (χ2n) is 8.26. The van der Waals surface area contributed by atoms with Gasteiger partial charge in [-0.3, -0.25) is 4.79 Å². The fourth-order valence-electron chi connectivity index (χ4n) is 3.72. The lowest BCUT2D eigenvalue weighted by molar-refractivity contribution is 0.0513. The first kappa shape index (κ1) is 24.6. The molecule has 10 nitrogen and oxygen atoms in total. The quantitative estimate of drug-likeness (QED) is 0.355. The number of hydrogen-bond donors (Lipinski definition) is 1. The maximum atomic E-state index is 13.6. The molecule has 0 saturated heterocycles. The van der Waals surface area contributed by atoms with Crippen molar-refractivity contribution >= 4 is 28.5 Å². The SMILES string of the molecule is CCOC(=O)c1c(NCc2ccc(N(C)C)nc2)c2c(C)ncnc2n(OCc2ccccc2)c1=O. The number of carbonyl (C=O) groups excluding carboxylic acids is 1. The summed E-state index contributed by atoms with van der Waals surface area (Å²) in [5.41, 5.74) is 2.00. The molecule has 0 spiro atoms. The molecule has 0 aliphatic heterocycles. The average molecular weight is 489 g/mol. The molecule has 0 fully saturated rings. The van der Waals surface area contributed by atoms with Gasteiger partial charge >= 0.3 is 11.5 Å². The van der Waals surface area contributed by atoms with Crippen molar-refractivity contribution in [3.05, 3.63) is 87.7 Å². The van der Waals surface area contributed by atoms with Crippen LogP contribution in [0.3, 0.4) is 0 Å². The Hall–Kier alpha value is -4.47. The van der Waals surface area contributed by atoms with Crippen molar-refractivity contribution in [3.8, 4) is 0 Å². The largest absolute Gasteiger partial charge is 0.462 e.